The molecule has 216 valence electrons. The molecule has 0 bridgehead atoms. The zero-order valence-corrected chi connectivity index (χ0v) is 22.8. The highest BCUT2D eigenvalue weighted by atomic mass is 19.4. The molecule has 3 aliphatic rings. The number of fused-ring (bicyclic) bond motifs is 3. The highest BCUT2D eigenvalue weighted by Crippen LogP contribution is 2.47. The van der Waals surface area contributed by atoms with E-state index in [4.69, 9.17) is 15.6 Å². The van der Waals surface area contributed by atoms with Crippen LogP contribution >= 0.6 is 0 Å². The Kier molecular flexibility index (Phi) is 7.35. The van der Waals surface area contributed by atoms with Crippen LogP contribution in [-0.2, 0) is 6.42 Å². The van der Waals surface area contributed by atoms with Crippen molar-refractivity contribution in [2.75, 3.05) is 12.3 Å². The zero-order valence-electron chi connectivity index (χ0n) is 22.8. The van der Waals surface area contributed by atoms with E-state index in [2.05, 4.69) is 9.97 Å². The van der Waals surface area contributed by atoms with E-state index in [0.29, 0.717) is 24.9 Å². The van der Waals surface area contributed by atoms with Crippen molar-refractivity contribution < 1.29 is 27.8 Å². The molecule has 9 heteroatoms. The summed E-state index contributed by atoms with van der Waals surface area (Å²) in [6.45, 7) is 0.711. The van der Waals surface area contributed by atoms with E-state index in [0.717, 1.165) is 46.4 Å². The summed E-state index contributed by atoms with van der Waals surface area (Å²) in [5.74, 6) is -0.902. The SMILES string of the molecule is Nc1c(C(c2ccccn2)C(F)(F)F)ccc2c1Cc1ccccc1-2.O=C(O)c1cc(OCC2CC2)c(C2CC2)cn1. The molecule has 2 saturated carbocycles. The topological polar surface area (TPSA) is 98.3 Å². The number of hydrogen-bond acceptors (Lipinski definition) is 5. The standard InChI is InChI=1S/C20H15F3N2.C13H15NO3/c21-20(22,23)18(17-7-3-4-10-25-17)15-9-8-14-13-6-2-1-5-12(13)11-16(14)19(15)24;15-13(16)11-5-12(17-7-8-1-2-8)10(6-14-11)9-3-4-9/h1-10,18H,11,24H2;5-6,8-9H,1-4,7H2,(H,15,16). The van der Waals surface area contributed by atoms with E-state index in [1.807, 2.05) is 24.3 Å². The molecule has 1 atom stereocenters. The van der Waals surface area contributed by atoms with Gasteiger partial charge in [0.2, 0.25) is 0 Å². The maximum absolute atomic E-state index is 13.8. The van der Waals surface area contributed by atoms with Crippen molar-refractivity contribution >= 4 is 11.7 Å². The largest absolute Gasteiger partial charge is 0.493 e. The number of benzene rings is 2. The number of ether oxygens (including phenoxy) is 1. The first kappa shape index (κ1) is 27.8. The second kappa shape index (κ2) is 11.1. The van der Waals surface area contributed by atoms with Crippen LogP contribution in [-0.4, -0.2) is 33.8 Å². The van der Waals surface area contributed by atoms with E-state index in [-0.39, 0.29) is 22.6 Å². The van der Waals surface area contributed by atoms with Gasteiger partial charge in [-0.05, 0) is 77.5 Å². The fourth-order valence-corrected chi connectivity index (χ4v) is 5.44. The number of hydrogen-bond donors (Lipinski definition) is 2. The molecule has 0 aliphatic heterocycles. The molecule has 3 N–H and O–H groups in total. The van der Waals surface area contributed by atoms with Gasteiger partial charge in [-0.25, -0.2) is 9.78 Å². The first-order valence-electron chi connectivity index (χ1n) is 14.0. The summed E-state index contributed by atoms with van der Waals surface area (Å²) in [5, 5.41) is 8.93. The van der Waals surface area contributed by atoms with Gasteiger partial charge in [0.1, 0.15) is 11.7 Å². The molecule has 0 radical (unpaired) electrons. The fraction of sp³-hybridized carbons (Fsp3) is 0.303. The van der Waals surface area contributed by atoms with E-state index in [9.17, 15) is 18.0 Å². The van der Waals surface area contributed by atoms with Crippen LogP contribution in [0.25, 0.3) is 11.1 Å². The number of nitrogen functional groups attached to an aromatic ring is 1. The molecule has 3 aliphatic carbocycles. The van der Waals surface area contributed by atoms with Crippen molar-refractivity contribution in [3.05, 3.63) is 107 Å². The summed E-state index contributed by atoms with van der Waals surface area (Å²) in [7, 11) is 0. The average molecular weight is 574 g/mol. The Morgan fingerprint density at radius 2 is 1.76 bits per heavy atom. The van der Waals surface area contributed by atoms with Crippen LogP contribution in [0.2, 0.25) is 0 Å². The van der Waals surface area contributed by atoms with Gasteiger partial charge in [-0.1, -0.05) is 42.5 Å². The van der Waals surface area contributed by atoms with Crippen LogP contribution in [0.5, 0.6) is 5.75 Å². The maximum atomic E-state index is 13.8. The van der Waals surface area contributed by atoms with Gasteiger partial charge in [0, 0.05) is 36.1 Å². The number of rotatable bonds is 7. The number of carboxylic acid groups (broad SMARTS) is 1. The number of nitrogens with zero attached hydrogens (tertiary/aromatic N) is 2. The van der Waals surface area contributed by atoms with E-state index in [1.54, 1.807) is 30.5 Å². The number of pyridine rings is 2. The molecule has 7 rings (SSSR count). The van der Waals surface area contributed by atoms with Gasteiger partial charge in [-0.2, -0.15) is 13.2 Å². The highest BCUT2D eigenvalue weighted by Gasteiger charge is 2.44. The minimum absolute atomic E-state index is 0.0443. The minimum atomic E-state index is -4.47. The molecule has 2 aromatic heterocycles. The maximum Gasteiger partial charge on any atom is 0.401 e. The van der Waals surface area contributed by atoms with Crippen molar-refractivity contribution in [2.24, 2.45) is 5.92 Å². The first-order chi connectivity index (χ1) is 20.2. The number of carboxylic acids is 1. The van der Waals surface area contributed by atoms with Gasteiger partial charge in [-0.15, -0.1) is 0 Å². The molecule has 6 nitrogen and oxygen atoms in total. The Morgan fingerprint density at radius 1 is 1.00 bits per heavy atom. The Bertz CT molecular complexity index is 1620. The monoisotopic (exact) mass is 573 g/mol. The number of halogens is 3. The zero-order chi connectivity index (χ0) is 29.4. The van der Waals surface area contributed by atoms with Crippen LogP contribution in [0.15, 0.2) is 73.1 Å². The third-order valence-electron chi connectivity index (χ3n) is 7.99. The van der Waals surface area contributed by atoms with Crippen molar-refractivity contribution in [3.8, 4) is 16.9 Å². The third kappa shape index (κ3) is 5.82. The van der Waals surface area contributed by atoms with Crippen LogP contribution in [0.4, 0.5) is 18.9 Å². The second-order valence-electron chi connectivity index (χ2n) is 11.1. The van der Waals surface area contributed by atoms with Gasteiger partial charge < -0.3 is 15.6 Å². The van der Waals surface area contributed by atoms with Crippen LogP contribution in [0.3, 0.4) is 0 Å². The van der Waals surface area contributed by atoms with Gasteiger partial charge in [0.05, 0.1) is 12.3 Å². The number of anilines is 1. The predicted molar refractivity (Wildman–Crippen MR) is 153 cm³/mol. The number of aromatic carboxylic acids is 1. The van der Waals surface area contributed by atoms with E-state index in [1.165, 1.54) is 31.2 Å². The molecule has 0 amide bonds. The molecular weight excluding hydrogens is 543 g/mol. The van der Waals surface area contributed by atoms with Crippen LogP contribution in [0.1, 0.15) is 76.0 Å². The Morgan fingerprint density at radius 3 is 2.43 bits per heavy atom. The summed E-state index contributed by atoms with van der Waals surface area (Å²) in [6.07, 6.45) is 3.91. The third-order valence-corrected chi connectivity index (χ3v) is 7.99. The lowest BCUT2D eigenvalue weighted by atomic mass is 9.89. The second-order valence-corrected chi connectivity index (χ2v) is 11.1. The Balaban J connectivity index is 0.000000162. The molecule has 0 saturated heterocycles. The Labute approximate surface area is 241 Å². The van der Waals surface area contributed by atoms with Crippen molar-refractivity contribution in [1.29, 1.82) is 0 Å². The molecule has 2 heterocycles. The van der Waals surface area contributed by atoms with E-state index >= 15 is 0 Å². The van der Waals surface area contributed by atoms with Crippen molar-refractivity contribution in [3.63, 3.8) is 0 Å². The summed E-state index contributed by atoms with van der Waals surface area (Å²) < 4.78 is 47.1. The molecule has 2 aromatic carbocycles. The lowest BCUT2D eigenvalue weighted by Crippen LogP contribution is -2.24. The van der Waals surface area contributed by atoms with Gasteiger partial charge in [-0.3, -0.25) is 4.98 Å². The normalized spacial score (nSPS) is 16.1. The summed E-state index contributed by atoms with van der Waals surface area (Å²) in [6, 6.07) is 17.1. The lowest BCUT2D eigenvalue weighted by Gasteiger charge is -2.23. The number of carbonyl (C=O) groups is 1. The smallest absolute Gasteiger partial charge is 0.401 e. The Hall–Kier alpha value is -4.40. The predicted octanol–water partition coefficient (Wildman–Crippen LogP) is 7.38. The minimum Gasteiger partial charge on any atom is -0.493 e. The van der Waals surface area contributed by atoms with Crippen LogP contribution < -0.4 is 10.5 Å². The lowest BCUT2D eigenvalue weighted by molar-refractivity contribution is -0.141. The van der Waals surface area contributed by atoms with E-state index < -0.39 is 18.1 Å². The van der Waals surface area contributed by atoms with Crippen LogP contribution in [0, 0.1) is 5.92 Å². The molecule has 42 heavy (non-hydrogen) atoms. The summed E-state index contributed by atoms with van der Waals surface area (Å²) in [5.41, 5.74) is 11.4. The van der Waals surface area contributed by atoms with Crippen molar-refractivity contribution in [1.82, 2.24) is 9.97 Å². The molecule has 0 spiro atoms. The number of aromatic nitrogens is 2. The van der Waals surface area contributed by atoms with Crippen molar-refractivity contribution in [2.45, 2.75) is 50.1 Å². The van der Waals surface area contributed by atoms with Gasteiger partial charge >= 0.3 is 12.1 Å². The molecule has 2 fully saturated rings. The molecule has 1 unspecified atom stereocenters. The first-order valence-corrected chi connectivity index (χ1v) is 14.0. The highest BCUT2D eigenvalue weighted by molar-refractivity contribution is 5.86. The summed E-state index contributed by atoms with van der Waals surface area (Å²) >= 11 is 0. The van der Waals surface area contributed by atoms with Gasteiger partial charge in [0.25, 0.3) is 0 Å². The number of alkyl halides is 3. The summed E-state index contributed by atoms with van der Waals surface area (Å²) in [4.78, 5) is 18.8. The molecule has 4 aromatic rings. The molecular formula is C33H30F3N3O3. The quantitative estimate of drug-likeness (QED) is 0.197. The average Bonchev–Trinajstić information content (AvgIpc) is 3.91. The number of nitrogens with two attached hydrogens (primary N) is 1. The fourth-order valence-electron chi connectivity index (χ4n) is 5.44. The van der Waals surface area contributed by atoms with Gasteiger partial charge in [0.15, 0.2) is 5.69 Å².